The van der Waals surface area contributed by atoms with Crippen molar-refractivity contribution in [3.63, 3.8) is 0 Å². The number of amides is 2. The van der Waals surface area contributed by atoms with Crippen LogP contribution < -0.4 is 15.0 Å². The summed E-state index contributed by atoms with van der Waals surface area (Å²) in [7, 11) is 0. The molecule has 2 aromatic carbocycles. The van der Waals surface area contributed by atoms with Gasteiger partial charge in [-0.2, -0.15) is 0 Å². The molecule has 0 bridgehead atoms. The number of nitrogens with zero attached hydrogens (tertiary/aromatic N) is 1. The van der Waals surface area contributed by atoms with Crippen molar-refractivity contribution in [2.45, 2.75) is 26.4 Å². The van der Waals surface area contributed by atoms with Gasteiger partial charge in [0, 0.05) is 25.2 Å². The Balaban J connectivity index is 1.45. The molecule has 2 N–H and O–H groups in total. The SMILES string of the molecule is Cc1ccc(N2CC(C(=O)NCC(O)COc3cccc(C)c3)CC2=O)cc1. The lowest BCUT2D eigenvalue weighted by atomic mass is 10.1. The summed E-state index contributed by atoms with van der Waals surface area (Å²) in [6.07, 6.45) is -0.648. The summed E-state index contributed by atoms with van der Waals surface area (Å²) in [6.45, 7) is 4.47. The number of aryl methyl sites for hydroxylation is 2. The van der Waals surface area contributed by atoms with E-state index >= 15 is 0 Å². The largest absolute Gasteiger partial charge is 0.491 e. The summed E-state index contributed by atoms with van der Waals surface area (Å²) in [5.74, 6) is -0.0240. The fraction of sp³-hybridized carbons (Fsp3) is 0.364. The molecule has 2 atom stereocenters. The molecule has 2 aromatic rings. The zero-order chi connectivity index (χ0) is 20.1. The van der Waals surface area contributed by atoms with Gasteiger partial charge in [0.25, 0.3) is 0 Å². The van der Waals surface area contributed by atoms with Crippen LogP contribution in [0.3, 0.4) is 0 Å². The smallest absolute Gasteiger partial charge is 0.227 e. The molecule has 148 valence electrons. The molecule has 6 heteroatoms. The van der Waals surface area contributed by atoms with Crippen LogP contribution in [0.4, 0.5) is 5.69 Å². The summed E-state index contributed by atoms with van der Waals surface area (Å²) in [4.78, 5) is 26.3. The van der Waals surface area contributed by atoms with E-state index in [0.29, 0.717) is 12.3 Å². The van der Waals surface area contributed by atoms with Gasteiger partial charge in [-0.1, -0.05) is 29.8 Å². The van der Waals surface area contributed by atoms with Crippen molar-refractivity contribution in [1.29, 1.82) is 0 Å². The highest BCUT2D eigenvalue weighted by Gasteiger charge is 2.35. The Morgan fingerprint density at radius 2 is 1.96 bits per heavy atom. The van der Waals surface area contributed by atoms with Crippen molar-refractivity contribution in [3.8, 4) is 5.75 Å². The highest BCUT2D eigenvalue weighted by Crippen LogP contribution is 2.25. The molecular weight excluding hydrogens is 356 g/mol. The van der Waals surface area contributed by atoms with Crippen LogP contribution in [0.1, 0.15) is 17.5 Å². The second-order valence-electron chi connectivity index (χ2n) is 7.27. The molecule has 2 unspecified atom stereocenters. The lowest BCUT2D eigenvalue weighted by molar-refractivity contribution is -0.126. The maximum absolute atomic E-state index is 12.4. The van der Waals surface area contributed by atoms with Crippen LogP contribution in [0.2, 0.25) is 0 Å². The molecule has 0 aromatic heterocycles. The first-order valence-corrected chi connectivity index (χ1v) is 9.44. The van der Waals surface area contributed by atoms with Crippen LogP contribution in [0.25, 0.3) is 0 Å². The van der Waals surface area contributed by atoms with Crippen molar-refractivity contribution < 1.29 is 19.4 Å². The van der Waals surface area contributed by atoms with E-state index in [9.17, 15) is 14.7 Å². The first kappa shape index (κ1) is 19.9. The molecule has 3 rings (SSSR count). The van der Waals surface area contributed by atoms with Gasteiger partial charge in [-0.05, 0) is 43.7 Å². The van der Waals surface area contributed by atoms with Gasteiger partial charge in [0.15, 0.2) is 0 Å². The molecule has 0 aliphatic carbocycles. The summed E-state index contributed by atoms with van der Waals surface area (Å²) in [6, 6.07) is 15.2. The molecule has 2 amide bonds. The third-order valence-corrected chi connectivity index (χ3v) is 4.79. The number of anilines is 1. The zero-order valence-corrected chi connectivity index (χ0v) is 16.2. The van der Waals surface area contributed by atoms with E-state index in [2.05, 4.69) is 5.32 Å². The Kier molecular flexibility index (Phi) is 6.31. The predicted molar refractivity (Wildman–Crippen MR) is 107 cm³/mol. The number of aliphatic hydroxyl groups excluding tert-OH is 1. The fourth-order valence-electron chi connectivity index (χ4n) is 3.18. The number of benzene rings is 2. The third kappa shape index (κ3) is 5.10. The number of nitrogens with one attached hydrogen (secondary N) is 1. The Labute approximate surface area is 165 Å². The summed E-state index contributed by atoms with van der Waals surface area (Å²) >= 11 is 0. The van der Waals surface area contributed by atoms with E-state index in [4.69, 9.17) is 4.74 Å². The highest BCUT2D eigenvalue weighted by atomic mass is 16.5. The standard InChI is InChI=1S/C22H26N2O4/c1-15-6-8-18(9-7-15)24-13-17(11-21(24)26)22(27)23-12-19(25)14-28-20-5-3-4-16(2)10-20/h3-10,17,19,25H,11-14H2,1-2H3,(H,23,27). The van der Waals surface area contributed by atoms with Gasteiger partial charge in [0.05, 0.1) is 5.92 Å². The second-order valence-corrected chi connectivity index (χ2v) is 7.27. The molecule has 1 heterocycles. The maximum Gasteiger partial charge on any atom is 0.227 e. The lowest BCUT2D eigenvalue weighted by Gasteiger charge is -2.18. The summed E-state index contributed by atoms with van der Waals surface area (Å²) in [5.41, 5.74) is 2.99. The number of carbonyl (C=O) groups is 2. The molecule has 1 aliphatic rings. The van der Waals surface area contributed by atoms with Crippen LogP contribution in [0, 0.1) is 19.8 Å². The molecule has 0 radical (unpaired) electrons. The predicted octanol–water partition coefficient (Wildman–Crippen LogP) is 2.21. The average Bonchev–Trinajstić information content (AvgIpc) is 3.07. The number of aliphatic hydroxyl groups is 1. The van der Waals surface area contributed by atoms with Crippen molar-refractivity contribution in [1.82, 2.24) is 5.32 Å². The van der Waals surface area contributed by atoms with Gasteiger partial charge in [-0.15, -0.1) is 0 Å². The highest BCUT2D eigenvalue weighted by molar-refractivity contribution is 6.00. The first-order valence-electron chi connectivity index (χ1n) is 9.44. The second kappa shape index (κ2) is 8.89. The topological polar surface area (TPSA) is 78.9 Å². The zero-order valence-electron chi connectivity index (χ0n) is 16.2. The Hall–Kier alpha value is -2.86. The molecule has 1 saturated heterocycles. The first-order chi connectivity index (χ1) is 13.4. The van der Waals surface area contributed by atoms with Crippen molar-refractivity contribution in [3.05, 3.63) is 59.7 Å². The number of ether oxygens (including phenoxy) is 1. The van der Waals surface area contributed by atoms with E-state index in [1.807, 2.05) is 62.4 Å². The van der Waals surface area contributed by atoms with Crippen LogP contribution in [-0.4, -0.2) is 42.7 Å². The minimum Gasteiger partial charge on any atom is -0.491 e. The van der Waals surface area contributed by atoms with Gasteiger partial charge in [0.2, 0.25) is 11.8 Å². The fourth-order valence-corrected chi connectivity index (χ4v) is 3.18. The Morgan fingerprint density at radius 3 is 2.68 bits per heavy atom. The van der Waals surface area contributed by atoms with E-state index in [1.165, 1.54) is 0 Å². The normalized spacial score (nSPS) is 17.5. The van der Waals surface area contributed by atoms with Crippen LogP contribution in [0.15, 0.2) is 48.5 Å². The molecule has 1 aliphatic heterocycles. The van der Waals surface area contributed by atoms with E-state index in [0.717, 1.165) is 16.8 Å². The molecule has 0 saturated carbocycles. The lowest BCUT2D eigenvalue weighted by Crippen LogP contribution is -2.39. The monoisotopic (exact) mass is 382 g/mol. The molecule has 0 spiro atoms. The van der Waals surface area contributed by atoms with Crippen LogP contribution >= 0.6 is 0 Å². The molecule has 1 fully saturated rings. The van der Waals surface area contributed by atoms with E-state index in [1.54, 1.807) is 4.90 Å². The van der Waals surface area contributed by atoms with Gasteiger partial charge in [-0.25, -0.2) is 0 Å². The van der Waals surface area contributed by atoms with Gasteiger partial charge in [-0.3, -0.25) is 9.59 Å². The molecule has 28 heavy (non-hydrogen) atoms. The van der Waals surface area contributed by atoms with E-state index < -0.39 is 12.0 Å². The average molecular weight is 382 g/mol. The quantitative estimate of drug-likeness (QED) is 0.770. The number of carbonyl (C=O) groups excluding carboxylic acids is 2. The van der Waals surface area contributed by atoms with E-state index in [-0.39, 0.29) is 31.4 Å². The minimum atomic E-state index is -0.824. The summed E-state index contributed by atoms with van der Waals surface area (Å²) < 4.78 is 5.54. The third-order valence-electron chi connectivity index (χ3n) is 4.79. The maximum atomic E-state index is 12.4. The van der Waals surface area contributed by atoms with Gasteiger partial charge < -0.3 is 20.1 Å². The Morgan fingerprint density at radius 1 is 1.21 bits per heavy atom. The van der Waals surface area contributed by atoms with Gasteiger partial charge in [0.1, 0.15) is 18.5 Å². The van der Waals surface area contributed by atoms with Crippen LogP contribution in [0.5, 0.6) is 5.75 Å². The van der Waals surface area contributed by atoms with Gasteiger partial charge >= 0.3 is 0 Å². The van der Waals surface area contributed by atoms with Crippen LogP contribution in [-0.2, 0) is 9.59 Å². The molecule has 6 nitrogen and oxygen atoms in total. The number of hydrogen-bond acceptors (Lipinski definition) is 4. The number of rotatable bonds is 7. The van der Waals surface area contributed by atoms with Crippen molar-refractivity contribution in [2.24, 2.45) is 5.92 Å². The summed E-state index contributed by atoms with van der Waals surface area (Å²) in [5, 5.41) is 12.8. The van der Waals surface area contributed by atoms with Crippen molar-refractivity contribution in [2.75, 3.05) is 24.6 Å². The Bertz CT molecular complexity index is 835. The number of hydrogen-bond donors (Lipinski definition) is 2. The van der Waals surface area contributed by atoms with Crippen molar-refractivity contribution >= 4 is 17.5 Å². The molecular formula is C22H26N2O4. The minimum absolute atomic E-state index is 0.0627.